The van der Waals surface area contributed by atoms with Gasteiger partial charge in [-0.15, -0.1) is 0 Å². The van der Waals surface area contributed by atoms with Crippen molar-refractivity contribution in [2.45, 2.75) is 32.6 Å². The fourth-order valence-corrected chi connectivity index (χ4v) is 5.75. The Balaban J connectivity index is 1.57. The molecule has 0 aromatic heterocycles. The average molecular weight is 460 g/mol. The van der Waals surface area contributed by atoms with Gasteiger partial charge in [-0.1, -0.05) is 30.3 Å². The number of nitrogens with zero attached hydrogens (tertiary/aromatic N) is 2. The van der Waals surface area contributed by atoms with E-state index < -0.39 is 10.2 Å². The van der Waals surface area contributed by atoms with Crippen molar-refractivity contribution in [2.24, 2.45) is 5.92 Å². The summed E-state index contributed by atoms with van der Waals surface area (Å²) in [6, 6.07) is 17.1. The van der Waals surface area contributed by atoms with Crippen molar-refractivity contribution in [2.75, 3.05) is 37.6 Å². The van der Waals surface area contributed by atoms with E-state index in [0.29, 0.717) is 43.9 Å². The van der Waals surface area contributed by atoms with Crippen LogP contribution in [0.3, 0.4) is 0 Å². The van der Waals surface area contributed by atoms with E-state index in [9.17, 15) is 13.2 Å². The quantitative estimate of drug-likeness (QED) is 0.554. The minimum Gasteiger partial charge on any atom is -0.497 e. The Morgan fingerprint density at radius 3 is 2.53 bits per heavy atom. The average Bonchev–Trinajstić information content (AvgIpc) is 2.83. The van der Waals surface area contributed by atoms with Gasteiger partial charge in [-0.25, -0.2) is 0 Å². The molecule has 2 aromatic carbocycles. The molecule has 0 aliphatic carbocycles. The van der Waals surface area contributed by atoms with E-state index in [1.807, 2.05) is 25.1 Å². The molecule has 0 radical (unpaired) electrons. The highest BCUT2D eigenvalue weighted by molar-refractivity contribution is 7.90. The smallest absolute Gasteiger partial charge is 0.304 e. The first-order chi connectivity index (χ1) is 15.5. The molecule has 1 N–H and O–H groups in total. The SMILES string of the molecule is CCN(c1ccc(OC)cc1)S(=O)(=O)N1CCC[C@H](C(=O)NCCCc2ccccc2)C1. The molecular weight excluding hydrogens is 426 g/mol. The van der Waals surface area contributed by atoms with Crippen molar-refractivity contribution in [1.29, 1.82) is 0 Å². The van der Waals surface area contributed by atoms with Gasteiger partial charge in [0.15, 0.2) is 0 Å². The highest BCUT2D eigenvalue weighted by atomic mass is 32.2. The summed E-state index contributed by atoms with van der Waals surface area (Å²) in [5.74, 6) is 0.277. The number of ether oxygens (including phenoxy) is 1. The van der Waals surface area contributed by atoms with Crippen molar-refractivity contribution in [3.8, 4) is 5.75 Å². The van der Waals surface area contributed by atoms with E-state index >= 15 is 0 Å². The Morgan fingerprint density at radius 2 is 1.88 bits per heavy atom. The molecule has 32 heavy (non-hydrogen) atoms. The number of anilines is 1. The van der Waals surface area contributed by atoms with Crippen molar-refractivity contribution >= 4 is 21.8 Å². The van der Waals surface area contributed by atoms with Crippen LogP contribution in [0.2, 0.25) is 0 Å². The summed E-state index contributed by atoms with van der Waals surface area (Å²) in [7, 11) is -2.16. The maximum absolute atomic E-state index is 13.3. The molecule has 174 valence electrons. The number of hydrogen-bond donors (Lipinski definition) is 1. The van der Waals surface area contributed by atoms with Gasteiger partial charge in [0.05, 0.1) is 18.7 Å². The number of carbonyl (C=O) groups is 1. The monoisotopic (exact) mass is 459 g/mol. The number of rotatable bonds is 10. The number of methoxy groups -OCH3 is 1. The summed E-state index contributed by atoms with van der Waals surface area (Å²) in [6.45, 7) is 3.33. The largest absolute Gasteiger partial charge is 0.497 e. The van der Waals surface area contributed by atoms with Crippen molar-refractivity contribution in [3.05, 3.63) is 60.2 Å². The van der Waals surface area contributed by atoms with E-state index in [-0.39, 0.29) is 18.4 Å². The molecular formula is C24H33N3O4S. The third-order valence-electron chi connectivity index (χ3n) is 5.79. The van der Waals surface area contributed by atoms with E-state index in [1.54, 1.807) is 31.4 Å². The topological polar surface area (TPSA) is 79.0 Å². The lowest BCUT2D eigenvalue weighted by Gasteiger charge is -2.35. The van der Waals surface area contributed by atoms with Crippen LogP contribution in [-0.4, -0.2) is 51.9 Å². The molecule has 1 saturated heterocycles. The minimum atomic E-state index is -3.73. The number of hydrogen-bond acceptors (Lipinski definition) is 4. The summed E-state index contributed by atoms with van der Waals surface area (Å²) in [6.07, 6.45) is 3.12. The molecule has 0 bridgehead atoms. The van der Waals surface area contributed by atoms with Crippen LogP contribution in [0.25, 0.3) is 0 Å². The molecule has 7 nitrogen and oxygen atoms in total. The normalized spacial score (nSPS) is 17.0. The molecule has 1 amide bonds. The number of aryl methyl sites for hydroxylation is 1. The van der Waals surface area contributed by atoms with Gasteiger partial charge in [-0.05, 0) is 62.4 Å². The first-order valence-electron chi connectivity index (χ1n) is 11.2. The Kier molecular flexibility index (Phi) is 8.53. The Morgan fingerprint density at radius 1 is 1.16 bits per heavy atom. The fraction of sp³-hybridized carbons (Fsp3) is 0.458. The number of benzene rings is 2. The lowest BCUT2D eigenvalue weighted by Crippen LogP contribution is -2.50. The number of piperidine rings is 1. The molecule has 2 aromatic rings. The van der Waals surface area contributed by atoms with Crippen LogP contribution in [0, 0.1) is 5.92 Å². The molecule has 0 unspecified atom stereocenters. The summed E-state index contributed by atoms with van der Waals surface area (Å²) in [5, 5.41) is 2.99. The lowest BCUT2D eigenvalue weighted by molar-refractivity contribution is -0.126. The maximum atomic E-state index is 13.3. The van der Waals surface area contributed by atoms with Crippen LogP contribution in [-0.2, 0) is 21.4 Å². The summed E-state index contributed by atoms with van der Waals surface area (Å²) in [4.78, 5) is 12.7. The zero-order valence-electron chi connectivity index (χ0n) is 18.9. The molecule has 1 aliphatic rings. The highest BCUT2D eigenvalue weighted by Gasteiger charge is 2.35. The van der Waals surface area contributed by atoms with Gasteiger partial charge in [-0.3, -0.25) is 9.10 Å². The van der Waals surface area contributed by atoms with E-state index in [0.717, 1.165) is 12.8 Å². The lowest BCUT2D eigenvalue weighted by atomic mass is 9.99. The standard InChI is InChI=1S/C24H33N3O4S/c1-3-27(22-13-15-23(31-2)16-14-22)32(29,30)26-18-8-12-21(19-26)24(28)25-17-7-11-20-9-5-4-6-10-20/h4-6,9-10,13-16,21H,3,7-8,11-12,17-19H2,1-2H3,(H,25,28)/t21-/m0/s1. The zero-order valence-corrected chi connectivity index (χ0v) is 19.7. The predicted molar refractivity (Wildman–Crippen MR) is 127 cm³/mol. The molecule has 1 aliphatic heterocycles. The molecule has 1 atom stereocenters. The first-order valence-corrected chi connectivity index (χ1v) is 12.6. The fourth-order valence-electron chi connectivity index (χ4n) is 4.03. The Bertz CT molecular complexity index is 964. The second-order valence-electron chi connectivity index (χ2n) is 7.95. The molecule has 8 heteroatoms. The minimum absolute atomic E-state index is 0.0644. The van der Waals surface area contributed by atoms with E-state index in [1.165, 1.54) is 14.2 Å². The predicted octanol–water partition coefficient (Wildman–Crippen LogP) is 3.23. The van der Waals surface area contributed by atoms with Crippen molar-refractivity contribution in [3.63, 3.8) is 0 Å². The molecule has 1 heterocycles. The van der Waals surface area contributed by atoms with Gasteiger partial charge in [0, 0.05) is 26.2 Å². The zero-order chi connectivity index (χ0) is 23.0. The summed E-state index contributed by atoms with van der Waals surface area (Å²) in [5.41, 5.74) is 1.83. The summed E-state index contributed by atoms with van der Waals surface area (Å²) < 4.78 is 34.7. The molecule has 1 fully saturated rings. The third-order valence-corrected chi connectivity index (χ3v) is 7.80. The number of amides is 1. The van der Waals surface area contributed by atoms with Crippen molar-refractivity contribution < 1.29 is 17.9 Å². The second kappa shape index (κ2) is 11.3. The van der Waals surface area contributed by atoms with Crippen LogP contribution in [0.15, 0.2) is 54.6 Å². The third kappa shape index (κ3) is 6.01. The Hall–Kier alpha value is -2.58. The van der Waals surface area contributed by atoms with E-state index in [2.05, 4.69) is 17.4 Å². The maximum Gasteiger partial charge on any atom is 0.304 e. The van der Waals surface area contributed by atoms with E-state index in [4.69, 9.17) is 4.74 Å². The van der Waals surface area contributed by atoms with Gasteiger partial charge in [-0.2, -0.15) is 12.7 Å². The van der Waals surface area contributed by atoms with Crippen molar-refractivity contribution in [1.82, 2.24) is 9.62 Å². The van der Waals surface area contributed by atoms with Gasteiger partial charge in [0.25, 0.3) is 0 Å². The van der Waals surface area contributed by atoms with Crippen LogP contribution < -0.4 is 14.4 Å². The highest BCUT2D eigenvalue weighted by Crippen LogP contribution is 2.26. The van der Waals surface area contributed by atoms with Crippen LogP contribution in [0.4, 0.5) is 5.69 Å². The van der Waals surface area contributed by atoms with Crippen LogP contribution >= 0.6 is 0 Å². The second-order valence-corrected chi connectivity index (χ2v) is 9.80. The Labute approximate surface area is 191 Å². The number of carbonyl (C=O) groups excluding carboxylic acids is 1. The van der Waals surface area contributed by atoms with Crippen LogP contribution in [0.5, 0.6) is 5.75 Å². The first kappa shape index (κ1) is 24.1. The van der Waals surface area contributed by atoms with Crippen LogP contribution in [0.1, 0.15) is 31.7 Å². The van der Waals surface area contributed by atoms with Gasteiger partial charge >= 0.3 is 10.2 Å². The molecule has 0 saturated carbocycles. The van der Waals surface area contributed by atoms with Gasteiger partial charge < -0.3 is 10.1 Å². The van der Waals surface area contributed by atoms with Gasteiger partial charge in [0.2, 0.25) is 5.91 Å². The van der Waals surface area contributed by atoms with Gasteiger partial charge in [0.1, 0.15) is 5.75 Å². The molecule has 3 rings (SSSR count). The molecule has 0 spiro atoms. The number of nitrogens with one attached hydrogen (secondary N) is 1. The summed E-state index contributed by atoms with van der Waals surface area (Å²) >= 11 is 0.